The van der Waals surface area contributed by atoms with Gasteiger partial charge in [-0.25, -0.2) is 4.79 Å². The minimum Gasteiger partial charge on any atom is -0.423 e. The predicted octanol–water partition coefficient (Wildman–Crippen LogP) is 3.19. The number of nitrogens with zero attached hydrogens (tertiary/aromatic N) is 3. The van der Waals surface area contributed by atoms with Crippen molar-refractivity contribution in [3.05, 3.63) is 46.1 Å². The van der Waals surface area contributed by atoms with Crippen LogP contribution in [0.25, 0.3) is 11.0 Å². The Morgan fingerprint density at radius 1 is 1.30 bits per heavy atom. The lowest BCUT2D eigenvalue weighted by Gasteiger charge is -2.08. The number of halogens is 3. The van der Waals surface area contributed by atoms with Crippen LogP contribution < -0.4 is 10.9 Å². The monoisotopic (exact) mass is 398 g/mol. The number of hydrogen-bond acceptors (Lipinski definition) is 6. The Hall–Kier alpha value is -2.82. The van der Waals surface area contributed by atoms with Gasteiger partial charge in [0.15, 0.2) is 5.16 Å². The molecule has 0 spiro atoms. The Kier molecular flexibility index (Phi) is 4.96. The van der Waals surface area contributed by atoms with Crippen LogP contribution in [0.5, 0.6) is 0 Å². The fraction of sp³-hybridized carbons (Fsp3) is 0.250. The maximum absolute atomic E-state index is 12.8. The summed E-state index contributed by atoms with van der Waals surface area (Å²) >= 11 is 1.01. The van der Waals surface area contributed by atoms with E-state index in [9.17, 15) is 22.8 Å². The molecule has 142 valence electrons. The number of nitrogens with one attached hydrogen (secondary N) is 1. The van der Waals surface area contributed by atoms with Gasteiger partial charge in [-0.1, -0.05) is 11.8 Å². The van der Waals surface area contributed by atoms with Crippen LogP contribution in [0.4, 0.5) is 18.9 Å². The molecular formula is C16H13F3N4O3S. The highest BCUT2D eigenvalue weighted by Gasteiger charge is 2.37. The Balaban J connectivity index is 1.90. The Labute approximate surface area is 154 Å². The van der Waals surface area contributed by atoms with E-state index in [4.69, 9.17) is 4.42 Å². The van der Waals surface area contributed by atoms with E-state index in [-0.39, 0.29) is 22.4 Å². The number of carbonyl (C=O) groups excluding carboxylic acids is 1. The van der Waals surface area contributed by atoms with Crippen molar-refractivity contribution < 1.29 is 22.4 Å². The van der Waals surface area contributed by atoms with E-state index in [1.807, 2.05) is 0 Å². The topological polar surface area (TPSA) is 90.0 Å². The maximum atomic E-state index is 12.8. The molecule has 2 heterocycles. The highest BCUT2D eigenvalue weighted by Crippen LogP contribution is 2.31. The Morgan fingerprint density at radius 2 is 2.04 bits per heavy atom. The molecular weight excluding hydrogens is 385 g/mol. The van der Waals surface area contributed by atoms with Gasteiger partial charge in [-0.05, 0) is 17.7 Å². The summed E-state index contributed by atoms with van der Waals surface area (Å²) in [6, 6.07) is 6.09. The summed E-state index contributed by atoms with van der Waals surface area (Å²) in [5.74, 6) is -1.18. The van der Waals surface area contributed by atoms with Gasteiger partial charge in [0.1, 0.15) is 5.58 Å². The first-order valence-corrected chi connectivity index (χ1v) is 8.57. The summed E-state index contributed by atoms with van der Waals surface area (Å²) < 4.78 is 44.4. The maximum Gasteiger partial charge on any atom is 0.451 e. The van der Waals surface area contributed by atoms with E-state index in [0.717, 1.165) is 16.3 Å². The molecule has 0 saturated heterocycles. The van der Waals surface area contributed by atoms with Crippen molar-refractivity contribution in [3.8, 4) is 0 Å². The SMILES string of the molecule is CC(=O)Nc1ccc2c(CSc3nnc(C(F)(F)F)n3C)cc(=O)oc2c1. The van der Waals surface area contributed by atoms with Gasteiger partial charge in [0, 0.05) is 42.9 Å². The number of amides is 1. The lowest BCUT2D eigenvalue weighted by atomic mass is 10.1. The van der Waals surface area contributed by atoms with E-state index in [2.05, 4.69) is 15.5 Å². The number of fused-ring (bicyclic) bond motifs is 1. The van der Waals surface area contributed by atoms with Crippen molar-refractivity contribution in [1.82, 2.24) is 14.8 Å². The smallest absolute Gasteiger partial charge is 0.423 e. The van der Waals surface area contributed by atoms with Gasteiger partial charge >= 0.3 is 11.8 Å². The standard InChI is InChI=1S/C16H13F3N4O3S/c1-8(24)20-10-3-4-11-9(5-13(25)26-12(11)6-10)7-27-15-22-21-14(23(15)2)16(17,18)19/h3-6H,7H2,1-2H3,(H,20,24). The molecule has 0 bridgehead atoms. The molecule has 1 aromatic carbocycles. The third kappa shape index (κ3) is 4.13. The van der Waals surface area contributed by atoms with Gasteiger partial charge in [-0.3, -0.25) is 4.79 Å². The van der Waals surface area contributed by atoms with Gasteiger partial charge in [-0.15, -0.1) is 10.2 Å². The first kappa shape index (κ1) is 19.0. The molecule has 0 unspecified atom stereocenters. The van der Waals surface area contributed by atoms with E-state index < -0.39 is 17.6 Å². The summed E-state index contributed by atoms with van der Waals surface area (Å²) in [7, 11) is 1.22. The van der Waals surface area contributed by atoms with Crippen molar-refractivity contribution >= 4 is 34.3 Å². The third-order valence-electron chi connectivity index (χ3n) is 3.60. The molecule has 0 aliphatic rings. The fourth-order valence-electron chi connectivity index (χ4n) is 2.46. The lowest BCUT2D eigenvalue weighted by molar-refractivity contribution is -0.147. The second-order valence-corrected chi connectivity index (χ2v) is 6.58. The van der Waals surface area contributed by atoms with Crippen molar-refractivity contribution in [2.75, 3.05) is 5.32 Å². The van der Waals surface area contributed by atoms with Crippen molar-refractivity contribution in [3.63, 3.8) is 0 Å². The second-order valence-electron chi connectivity index (χ2n) is 5.63. The largest absolute Gasteiger partial charge is 0.451 e. The Morgan fingerprint density at radius 3 is 2.67 bits per heavy atom. The molecule has 3 aromatic rings. The molecule has 1 N–H and O–H groups in total. The molecule has 2 aromatic heterocycles. The number of alkyl halides is 3. The highest BCUT2D eigenvalue weighted by molar-refractivity contribution is 7.98. The van der Waals surface area contributed by atoms with Crippen molar-refractivity contribution in [2.24, 2.45) is 7.05 Å². The molecule has 0 radical (unpaired) electrons. The molecule has 0 fully saturated rings. The number of thioether (sulfide) groups is 1. The van der Waals surface area contributed by atoms with Gasteiger partial charge in [0.25, 0.3) is 0 Å². The van der Waals surface area contributed by atoms with Crippen LogP contribution in [-0.4, -0.2) is 20.7 Å². The van der Waals surface area contributed by atoms with Crippen LogP contribution in [0.3, 0.4) is 0 Å². The van der Waals surface area contributed by atoms with E-state index in [1.54, 1.807) is 12.1 Å². The zero-order chi connectivity index (χ0) is 19.8. The summed E-state index contributed by atoms with van der Waals surface area (Å²) in [5, 5.41) is 9.98. The van der Waals surface area contributed by atoms with Crippen molar-refractivity contribution in [1.29, 1.82) is 0 Å². The number of anilines is 1. The first-order chi connectivity index (χ1) is 12.6. The van der Waals surface area contributed by atoms with Gasteiger partial charge in [-0.2, -0.15) is 13.2 Å². The summed E-state index contributed by atoms with van der Waals surface area (Å²) in [4.78, 5) is 23.0. The number of hydrogen-bond donors (Lipinski definition) is 1. The van der Waals surface area contributed by atoms with E-state index in [0.29, 0.717) is 16.6 Å². The molecule has 1 amide bonds. The second kappa shape index (κ2) is 7.06. The first-order valence-electron chi connectivity index (χ1n) is 7.59. The molecule has 0 aliphatic carbocycles. The van der Waals surface area contributed by atoms with Crippen LogP contribution >= 0.6 is 11.8 Å². The number of rotatable bonds is 4. The van der Waals surface area contributed by atoms with Crippen LogP contribution in [0.1, 0.15) is 18.3 Å². The molecule has 0 aliphatic heterocycles. The predicted molar refractivity (Wildman–Crippen MR) is 92.4 cm³/mol. The third-order valence-corrected chi connectivity index (χ3v) is 4.66. The summed E-state index contributed by atoms with van der Waals surface area (Å²) in [5.41, 5.74) is 0.688. The molecule has 3 rings (SSSR count). The molecule has 0 saturated carbocycles. The van der Waals surface area contributed by atoms with E-state index >= 15 is 0 Å². The van der Waals surface area contributed by atoms with Crippen LogP contribution in [0.15, 0.2) is 38.6 Å². The average Bonchev–Trinajstić information content (AvgIpc) is 2.92. The lowest BCUT2D eigenvalue weighted by Crippen LogP contribution is -2.13. The Bertz CT molecular complexity index is 1070. The zero-order valence-electron chi connectivity index (χ0n) is 14.1. The fourth-order valence-corrected chi connectivity index (χ4v) is 3.36. The van der Waals surface area contributed by atoms with Gasteiger partial charge in [0.05, 0.1) is 0 Å². The van der Waals surface area contributed by atoms with Crippen LogP contribution in [0.2, 0.25) is 0 Å². The number of aromatic nitrogens is 3. The highest BCUT2D eigenvalue weighted by atomic mass is 32.2. The zero-order valence-corrected chi connectivity index (χ0v) is 14.9. The van der Waals surface area contributed by atoms with E-state index in [1.165, 1.54) is 26.1 Å². The quantitative estimate of drug-likeness (QED) is 0.536. The van der Waals surface area contributed by atoms with Crippen molar-refractivity contribution in [2.45, 2.75) is 24.0 Å². The van der Waals surface area contributed by atoms with Gasteiger partial charge in [0.2, 0.25) is 11.7 Å². The average molecular weight is 398 g/mol. The molecule has 0 atom stereocenters. The molecule has 11 heteroatoms. The van der Waals surface area contributed by atoms with Crippen LogP contribution in [0, 0.1) is 0 Å². The minimum atomic E-state index is -4.60. The molecule has 7 nitrogen and oxygen atoms in total. The number of carbonyl (C=O) groups is 1. The summed E-state index contributed by atoms with van der Waals surface area (Å²) in [6.07, 6.45) is -4.60. The minimum absolute atomic E-state index is 0.0681. The normalized spacial score (nSPS) is 11.7. The van der Waals surface area contributed by atoms with Gasteiger partial charge < -0.3 is 14.3 Å². The molecule has 27 heavy (non-hydrogen) atoms. The van der Waals surface area contributed by atoms with Crippen LogP contribution in [-0.2, 0) is 23.8 Å². The number of benzene rings is 1. The summed E-state index contributed by atoms with van der Waals surface area (Å²) in [6.45, 7) is 1.35.